The quantitative estimate of drug-likeness (QED) is 0.431. The zero-order valence-corrected chi connectivity index (χ0v) is 14.5. The molecule has 1 aliphatic rings. The van der Waals surface area contributed by atoms with Crippen molar-refractivity contribution in [1.29, 1.82) is 0 Å². The number of hydrogen-bond acceptors (Lipinski definition) is 6. The average Bonchev–Trinajstić information content (AvgIpc) is 3.12. The van der Waals surface area contributed by atoms with Crippen molar-refractivity contribution in [2.45, 2.75) is 18.8 Å². The topological polar surface area (TPSA) is 120 Å². The predicted molar refractivity (Wildman–Crippen MR) is 98.4 cm³/mol. The Labute approximate surface area is 154 Å². The van der Waals surface area contributed by atoms with Gasteiger partial charge in [-0.3, -0.25) is 19.3 Å². The molecule has 27 heavy (non-hydrogen) atoms. The Morgan fingerprint density at radius 2 is 1.96 bits per heavy atom. The maximum absolute atomic E-state index is 12.7. The summed E-state index contributed by atoms with van der Waals surface area (Å²) in [6.07, 6.45) is 3.46. The normalized spacial score (nSPS) is 15.2. The Balaban J connectivity index is 1.48. The number of carbonyl (C=O) groups excluding carboxylic acids is 1. The number of pyridine rings is 1. The van der Waals surface area contributed by atoms with Crippen molar-refractivity contribution >= 4 is 22.9 Å². The number of aromatic nitrogens is 3. The van der Waals surface area contributed by atoms with Crippen LogP contribution in [-0.4, -0.2) is 43.4 Å². The van der Waals surface area contributed by atoms with Crippen molar-refractivity contribution in [2.75, 3.05) is 18.8 Å². The molecule has 2 aromatic heterocycles. The summed E-state index contributed by atoms with van der Waals surface area (Å²) in [5, 5.41) is 19.5. The Morgan fingerprint density at radius 3 is 2.70 bits per heavy atom. The van der Waals surface area contributed by atoms with E-state index in [0.29, 0.717) is 13.1 Å². The highest BCUT2D eigenvalue weighted by Crippen LogP contribution is 2.29. The van der Waals surface area contributed by atoms with Gasteiger partial charge in [-0.15, -0.1) is 10.2 Å². The summed E-state index contributed by atoms with van der Waals surface area (Å²) >= 11 is 0. The van der Waals surface area contributed by atoms with Crippen molar-refractivity contribution < 1.29 is 9.72 Å². The molecule has 0 saturated carbocycles. The van der Waals surface area contributed by atoms with Gasteiger partial charge in [0.05, 0.1) is 4.92 Å². The van der Waals surface area contributed by atoms with E-state index in [1.165, 1.54) is 18.2 Å². The molecule has 1 fully saturated rings. The maximum Gasteiger partial charge on any atom is 0.292 e. The summed E-state index contributed by atoms with van der Waals surface area (Å²) in [5.74, 6) is 0.899. The molecule has 1 aromatic carbocycles. The second-order valence-corrected chi connectivity index (χ2v) is 6.58. The summed E-state index contributed by atoms with van der Waals surface area (Å²) in [4.78, 5) is 24.9. The minimum atomic E-state index is -0.575. The number of nitrogens with two attached hydrogens (primary N) is 1. The van der Waals surface area contributed by atoms with E-state index in [9.17, 15) is 14.9 Å². The van der Waals surface area contributed by atoms with Gasteiger partial charge in [-0.25, -0.2) is 0 Å². The molecule has 0 aliphatic carbocycles. The number of likely N-dealkylation sites (tertiary alicyclic amines) is 1. The lowest BCUT2D eigenvalue weighted by Crippen LogP contribution is -2.38. The van der Waals surface area contributed by atoms with Crippen molar-refractivity contribution in [2.24, 2.45) is 0 Å². The van der Waals surface area contributed by atoms with Crippen LogP contribution in [0.1, 0.15) is 34.9 Å². The summed E-state index contributed by atoms with van der Waals surface area (Å²) in [6.45, 7) is 1.12. The minimum absolute atomic E-state index is 0.0499. The highest BCUT2D eigenvalue weighted by atomic mass is 16.6. The third-order valence-corrected chi connectivity index (χ3v) is 4.96. The lowest BCUT2D eigenvalue weighted by molar-refractivity contribution is -0.383. The SMILES string of the molecule is Nc1ccc(C(=O)N2CCC(c3nnc4ccccn34)CC2)cc1[N+](=O)[O-]. The summed E-state index contributed by atoms with van der Waals surface area (Å²) in [5.41, 5.74) is 6.50. The number of piperidine rings is 1. The van der Waals surface area contributed by atoms with Crippen LogP contribution < -0.4 is 5.73 Å². The van der Waals surface area contributed by atoms with Crippen LogP contribution in [0.4, 0.5) is 11.4 Å². The van der Waals surface area contributed by atoms with E-state index in [2.05, 4.69) is 10.2 Å². The first-order valence-electron chi connectivity index (χ1n) is 8.67. The van der Waals surface area contributed by atoms with E-state index in [-0.39, 0.29) is 28.8 Å². The number of rotatable bonds is 3. The monoisotopic (exact) mass is 366 g/mol. The van der Waals surface area contributed by atoms with Crippen molar-refractivity contribution in [3.05, 3.63) is 64.1 Å². The molecule has 3 heterocycles. The summed E-state index contributed by atoms with van der Waals surface area (Å²) in [6, 6.07) is 9.94. The van der Waals surface area contributed by atoms with Crippen LogP contribution in [0.5, 0.6) is 0 Å². The highest BCUT2D eigenvalue weighted by Gasteiger charge is 2.28. The molecular formula is C18H18N6O3. The maximum atomic E-state index is 12.7. The lowest BCUT2D eigenvalue weighted by Gasteiger charge is -2.31. The molecule has 0 bridgehead atoms. The van der Waals surface area contributed by atoms with Crippen molar-refractivity contribution in [3.63, 3.8) is 0 Å². The Bertz CT molecular complexity index is 1020. The number of nitrogen functional groups attached to an aromatic ring is 1. The molecular weight excluding hydrogens is 348 g/mol. The number of fused-ring (bicyclic) bond motifs is 1. The second kappa shape index (κ2) is 6.67. The van der Waals surface area contributed by atoms with Gasteiger partial charge >= 0.3 is 0 Å². The molecule has 0 radical (unpaired) electrons. The molecule has 9 nitrogen and oxygen atoms in total. The molecule has 1 saturated heterocycles. The molecule has 0 unspecified atom stereocenters. The van der Waals surface area contributed by atoms with Gasteiger partial charge in [-0.2, -0.15) is 0 Å². The molecule has 0 atom stereocenters. The van der Waals surface area contributed by atoms with E-state index < -0.39 is 4.92 Å². The van der Waals surface area contributed by atoms with Gasteiger partial charge in [0, 0.05) is 36.8 Å². The van der Waals surface area contributed by atoms with E-state index in [0.717, 1.165) is 24.3 Å². The molecule has 2 N–H and O–H groups in total. The van der Waals surface area contributed by atoms with E-state index in [1.54, 1.807) is 4.90 Å². The van der Waals surface area contributed by atoms with Crippen molar-refractivity contribution in [1.82, 2.24) is 19.5 Å². The van der Waals surface area contributed by atoms with E-state index >= 15 is 0 Å². The fraction of sp³-hybridized carbons (Fsp3) is 0.278. The third kappa shape index (κ3) is 3.07. The van der Waals surface area contributed by atoms with Gasteiger partial charge in [0.15, 0.2) is 5.65 Å². The number of hydrogen-bond donors (Lipinski definition) is 1. The highest BCUT2D eigenvalue weighted by molar-refractivity contribution is 5.95. The van der Waals surface area contributed by atoms with Crippen molar-refractivity contribution in [3.8, 4) is 0 Å². The van der Waals surface area contributed by atoms with Gasteiger partial charge in [0.2, 0.25) is 0 Å². The van der Waals surface area contributed by atoms with E-state index in [4.69, 9.17) is 5.73 Å². The molecule has 3 aromatic rings. The lowest BCUT2D eigenvalue weighted by atomic mass is 9.95. The zero-order valence-electron chi connectivity index (χ0n) is 14.5. The average molecular weight is 366 g/mol. The summed E-state index contributed by atoms with van der Waals surface area (Å²) < 4.78 is 1.98. The fourth-order valence-electron chi connectivity index (χ4n) is 3.50. The van der Waals surface area contributed by atoms with Gasteiger partial charge in [-0.05, 0) is 37.1 Å². The standard InChI is InChI=1S/C18H18N6O3/c19-14-5-4-13(11-15(14)24(26)27)18(25)22-9-6-12(7-10-22)17-21-20-16-3-1-2-8-23(16)17/h1-5,8,11-12H,6-7,9-10,19H2. The van der Waals surface area contributed by atoms with Crippen LogP contribution in [-0.2, 0) is 0 Å². The number of anilines is 1. The number of nitro groups is 1. The number of benzene rings is 1. The molecule has 4 rings (SSSR count). The van der Waals surface area contributed by atoms with Gasteiger partial charge < -0.3 is 10.6 Å². The minimum Gasteiger partial charge on any atom is -0.393 e. The number of carbonyl (C=O) groups is 1. The molecule has 1 aliphatic heterocycles. The Kier molecular flexibility index (Phi) is 4.19. The number of nitrogens with zero attached hydrogens (tertiary/aromatic N) is 5. The van der Waals surface area contributed by atoms with Crippen LogP contribution >= 0.6 is 0 Å². The predicted octanol–water partition coefficient (Wildman–Crippen LogP) is 2.24. The Morgan fingerprint density at radius 1 is 1.19 bits per heavy atom. The van der Waals surface area contributed by atoms with Crippen LogP contribution in [0, 0.1) is 10.1 Å². The van der Waals surface area contributed by atoms with Gasteiger partial charge in [-0.1, -0.05) is 6.07 Å². The van der Waals surface area contributed by atoms with Gasteiger partial charge in [0.1, 0.15) is 11.5 Å². The van der Waals surface area contributed by atoms with Crippen LogP contribution in [0.25, 0.3) is 5.65 Å². The molecule has 9 heteroatoms. The first-order chi connectivity index (χ1) is 13.0. The fourth-order valence-corrected chi connectivity index (χ4v) is 3.50. The zero-order chi connectivity index (χ0) is 19.0. The second-order valence-electron chi connectivity index (χ2n) is 6.58. The summed E-state index contributed by atoms with van der Waals surface area (Å²) in [7, 11) is 0. The van der Waals surface area contributed by atoms with Crippen LogP contribution in [0.2, 0.25) is 0 Å². The van der Waals surface area contributed by atoms with Crippen LogP contribution in [0.3, 0.4) is 0 Å². The van der Waals surface area contributed by atoms with E-state index in [1.807, 2.05) is 28.8 Å². The largest absolute Gasteiger partial charge is 0.393 e. The first kappa shape index (κ1) is 17.0. The van der Waals surface area contributed by atoms with Gasteiger partial charge in [0.25, 0.3) is 11.6 Å². The smallest absolute Gasteiger partial charge is 0.292 e. The molecule has 1 amide bonds. The number of amides is 1. The Hall–Kier alpha value is -3.49. The molecule has 138 valence electrons. The van der Waals surface area contributed by atoms with Crippen LogP contribution in [0.15, 0.2) is 42.6 Å². The third-order valence-electron chi connectivity index (χ3n) is 4.96. The number of nitro benzene ring substituents is 1. The molecule has 0 spiro atoms. The first-order valence-corrected chi connectivity index (χ1v) is 8.67.